The van der Waals surface area contributed by atoms with Crippen molar-refractivity contribution >= 4 is 14.2 Å². The van der Waals surface area contributed by atoms with Gasteiger partial charge in [0.15, 0.2) is 0 Å². The van der Waals surface area contributed by atoms with Gasteiger partial charge in [0.1, 0.15) is 0 Å². The zero-order valence-electron chi connectivity index (χ0n) is 12.4. The molecule has 2 atom stereocenters. The third kappa shape index (κ3) is 3.29. The topological polar surface area (TPSA) is 58.9 Å². The fourth-order valence-electron chi connectivity index (χ4n) is 2.12. The third-order valence-corrected chi connectivity index (χ3v) is 4.19. The van der Waals surface area contributed by atoms with Gasteiger partial charge in [-0.25, -0.2) is 0 Å². The average Bonchev–Trinajstić information content (AvgIpc) is 2.47. The quantitative estimate of drug-likeness (QED) is 0.739. The molecule has 1 saturated heterocycles. The molecule has 1 rings (SSSR count). The predicted molar refractivity (Wildman–Crippen MR) is 74.4 cm³/mol. The van der Waals surface area contributed by atoms with Crippen LogP contribution in [0, 0.1) is 0 Å². The highest BCUT2D eigenvalue weighted by Gasteiger charge is 2.54. The third-order valence-electron chi connectivity index (χ3n) is 4.19. The van der Waals surface area contributed by atoms with Crippen molar-refractivity contribution < 1.29 is 19.4 Å². The van der Waals surface area contributed by atoms with Crippen molar-refractivity contribution in [1.29, 1.82) is 0 Å². The second-order valence-electron chi connectivity index (χ2n) is 6.52. The van der Waals surface area contributed by atoms with Crippen molar-refractivity contribution in [2.75, 3.05) is 0 Å². The van der Waals surface area contributed by atoms with Crippen LogP contribution in [-0.4, -0.2) is 35.5 Å². The van der Waals surface area contributed by atoms with E-state index in [9.17, 15) is 0 Å². The Morgan fingerprint density at radius 1 is 1.11 bits per heavy atom. The molecule has 4 nitrogen and oxygen atoms in total. The van der Waals surface area contributed by atoms with Gasteiger partial charge in [0, 0.05) is 0 Å². The zero-order valence-corrected chi connectivity index (χ0v) is 12.4. The lowest BCUT2D eigenvalue weighted by Gasteiger charge is -2.37. The van der Waals surface area contributed by atoms with Crippen LogP contribution in [0.4, 0.5) is 0 Å². The van der Waals surface area contributed by atoms with E-state index < -0.39 is 7.12 Å². The van der Waals surface area contributed by atoms with Crippen molar-refractivity contribution in [2.24, 2.45) is 0 Å². The van der Waals surface area contributed by atoms with Crippen LogP contribution in [0.15, 0.2) is 0 Å². The molecule has 1 heterocycles. The summed E-state index contributed by atoms with van der Waals surface area (Å²) in [6.07, 6.45) is 1.45. The van der Waals surface area contributed by atoms with Gasteiger partial charge in [0.2, 0.25) is 0 Å². The molecule has 0 spiro atoms. The molecule has 104 valence electrons. The van der Waals surface area contributed by atoms with Gasteiger partial charge in [-0.3, -0.25) is 0 Å². The Balaban J connectivity index is 2.67. The highest BCUT2D eigenvalue weighted by Crippen LogP contribution is 2.43. The average molecular weight is 256 g/mol. The van der Waals surface area contributed by atoms with Crippen LogP contribution >= 0.6 is 0 Å². The summed E-state index contributed by atoms with van der Waals surface area (Å²) in [7, 11) is -1.45. The highest BCUT2D eigenvalue weighted by molar-refractivity contribution is 6.47. The molecule has 0 saturated carbocycles. The largest absolute Gasteiger partial charge is 0.460 e. The summed E-state index contributed by atoms with van der Waals surface area (Å²) < 4.78 is 12.0. The molecule has 18 heavy (non-hydrogen) atoms. The van der Waals surface area contributed by atoms with Crippen molar-refractivity contribution in [3.05, 3.63) is 0 Å². The Bertz CT molecular complexity index is 283. The molecule has 1 aliphatic heterocycles. The Labute approximate surface area is 111 Å². The van der Waals surface area contributed by atoms with E-state index in [1.165, 1.54) is 0 Å². The summed E-state index contributed by atoms with van der Waals surface area (Å²) in [5, 5.41) is 18.3. The van der Waals surface area contributed by atoms with Crippen LogP contribution in [-0.2, 0) is 9.31 Å². The first kappa shape index (κ1) is 16.0. The molecule has 0 bridgehead atoms. The van der Waals surface area contributed by atoms with E-state index >= 15 is 0 Å². The van der Waals surface area contributed by atoms with Crippen molar-refractivity contribution in [3.63, 3.8) is 0 Å². The van der Waals surface area contributed by atoms with Crippen LogP contribution in [0.2, 0.25) is 11.6 Å². The summed E-state index contributed by atoms with van der Waals surface area (Å²) >= 11 is 0. The predicted octanol–water partition coefficient (Wildman–Crippen LogP) is 2.11. The van der Waals surface area contributed by atoms with E-state index in [0.29, 0.717) is 12.2 Å². The van der Waals surface area contributed by atoms with E-state index in [2.05, 4.69) is 13.8 Å². The van der Waals surface area contributed by atoms with Crippen molar-refractivity contribution in [2.45, 2.75) is 77.2 Å². The van der Waals surface area contributed by atoms with Crippen LogP contribution in [0.3, 0.4) is 0 Å². The van der Waals surface area contributed by atoms with Crippen LogP contribution < -0.4 is 0 Å². The maximum Gasteiger partial charge on any atom is 0.460 e. The second-order valence-corrected chi connectivity index (χ2v) is 6.52. The summed E-state index contributed by atoms with van der Waals surface area (Å²) in [6.45, 7) is 12.1. The molecule has 1 aliphatic rings. The Hall–Kier alpha value is -0.0301. The lowest BCUT2D eigenvalue weighted by atomic mass is 9.69. The monoisotopic (exact) mass is 256 g/mol. The molecule has 0 aromatic rings. The smallest absolute Gasteiger partial charge is 0.427 e. The minimum absolute atomic E-state index is 0.153. The van der Waals surface area contributed by atoms with E-state index in [1.807, 2.05) is 27.7 Å². The van der Waals surface area contributed by atoms with E-state index in [4.69, 9.17) is 19.4 Å². The first-order valence-corrected chi connectivity index (χ1v) is 6.81. The maximum absolute atomic E-state index is 9.13. The van der Waals surface area contributed by atoms with Crippen molar-refractivity contribution in [1.82, 2.24) is 0 Å². The number of hydrogen-bond acceptors (Lipinski definition) is 4. The van der Waals surface area contributed by atoms with Crippen molar-refractivity contribution in [3.8, 4) is 0 Å². The van der Waals surface area contributed by atoms with Gasteiger partial charge < -0.3 is 19.4 Å². The highest BCUT2D eigenvalue weighted by atomic mass is 16.7. The molecule has 1 unspecified atom stereocenters. The van der Waals surface area contributed by atoms with Crippen LogP contribution in [0.1, 0.15) is 54.4 Å². The Morgan fingerprint density at radius 2 is 1.67 bits per heavy atom. The Kier molecular flexibility index (Phi) is 4.93. The molecule has 6 heteroatoms. The summed E-state index contributed by atoms with van der Waals surface area (Å²) in [5.41, 5.74) is -0.743. The lowest BCUT2D eigenvalue weighted by Crippen LogP contribution is -2.45. The minimum Gasteiger partial charge on any atom is -0.427 e. The van der Waals surface area contributed by atoms with E-state index in [1.54, 1.807) is 0 Å². The van der Waals surface area contributed by atoms with Gasteiger partial charge in [-0.05, 0) is 45.2 Å². The van der Waals surface area contributed by atoms with Crippen LogP contribution in [0.25, 0.3) is 0 Å². The summed E-state index contributed by atoms with van der Waals surface area (Å²) in [5.74, 6) is 0.159. The van der Waals surface area contributed by atoms with Gasteiger partial charge in [-0.15, -0.1) is 0 Å². The lowest BCUT2D eigenvalue weighted by molar-refractivity contribution is -0.0172. The summed E-state index contributed by atoms with van der Waals surface area (Å²) in [6, 6.07) is 0. The molecular weight excluding hydrogens is 230 g/mol. The second kappa shape index (κ2) is 5.53. The minimum atomic E-state index is -1.26. The molecule has 0 aromatic carbocycles. The zero-order chi connectivity index (χ0) is 14.1. The van der Waals surface area contributed by atoms with Gasteiger partial charge in [-0.2, -0.15) is 0 Å². The molecule has 1 fully saturated rings. The van der Waals surface area contributed by atoms with E-state index in [0.717, 1.165) is 6.42 Å². The molecule has 0 amide bonds. The number of rotatable bonds is 5. The normalized spacial score (nSPS) is 28.8. The fourth-order valence-corrected chi connectivity index (χ4v) is 2.12. The van der Waals surface area contributed by atoms with Gasteiger partial charge >= 0.3 is 14.2 Å². The van der Waals surface area contributed by atoms with Gasteiger partial charge in [0.05, 0.1) is 11.2 Å². The molecule has 2 N–H and O–H groups in total. The SMILES string of the molecule is CC(C)B1OC(C)(C)C(C)(CC[C@@H](C)B(O)O)O1. The fraction of sp³-hybridized carbons (Fsp3) is 1.00. The maximum atomic E-state index is 9.13. The first-order valence-electron chi connectivity index (χ1n) is 6.81. The Morgan fingerprint density at radius 3 is 2.06 bits per heavy atom. The first-order chi connectivity index (χ1) is 8.09. The molecule has 0 aliphatic carbocycles. The van der Waals surface area contributed by atoms with E-state index in [-0.39, 0.29) is 24.1 Å². The molecule has 0 radical (unpaired) electrons. The summed E-state index contributed by atoms with van der Waals surface area (Å²) in [4.78, 5) is 0. The van der Waals surface area contributed by atoms with Gasteiger partial charge in [-0.1, -0.05) is 20.8 Å². The number of hydrogen-bond donors (Lipinski definition) is 2. The molecular formula is C12H26B2O4. The standard InChI is InChI=1S/C12H26B2O4/c1-9(2)14-17-11(4,5)12(6,18-14)8-7-10(3)13(15)16/h9-10,15-16H,7-8H2,1-6H3/t10-,12?/m1/s1. The van der Waals surface area contributed by atoms with Crippen LogP contribution in [0.5, 0.6) is 0 Å². The van der Waals surface area contributed by atoms with Gasteiger partial charge in [0.25, 0.3) is 0 Å². The molecule has 0 aromatic heterocycles.